The minimum atomic E-state index is -0.767. The van der Waals surface area contributed by atoms with Crippen LogP contribution in [0.4, 0.5) is 0 Å². The number of hydrogen-bond acceptors (Lipinski definition) is 3. The summed E-state index contributed by atoms with van der Waals surface area (Å²) in [4.78, 5) is 0. The van der Waals surface area contributed by atoms with E-state index >= 15 is 0 Å². The second-order valence-electron chi connectivity index (χ2n) is 7.05. The van der Waals surface area contributed by atoms with E-state index in [1.807, 2.05) is 6.92 Å². The molecule has 1 N–H and O–H groups in total. The van der Waals surface area contributed by atoms with Gasteiger partial charge < -0.3 is 9.84 Å². The normalized spacial score (nSPS) is 19.9. The number of thiol groups is 1. The molecule has 0 aromatic heterocycles. The van der Waals surface area contributed by atoms with Gasteiger partial charge in [-0.25, -0.2) is 0 Å². The van der Waals surface area contributed by atoms with Gasteiger partial charge in [-0.15, -0.1) is 0 Å². The Labute approximate surface area is 132 Å². The third-order valence-corrected chi connectivity index (χ3v) is 4.58. The highest BCUT2D eigenvalue weighted by Gasteiger charge is 2.29. The third-order valence-electron chi connectivity index (χ3n) is 4.32. The zero-order valence-corrected chi connectivity index (χ0v) is 15.4. The summed E-state index contributed by atoms with van der Waals surface area (Å²) in [6.45, 7) is 16.2. The van der Waals surface area contributed by atoms with Gasteiger partial charge in [0, 0.05) is 5.25 Å². The molecular weight excluding hydrogens is 268 g/mol. The maximum atomic E-state index is 9.83. The molecule has 0 bridgehead atoms. The number of aliphatic hydroxyl groups excluding tert-OH is 1. The van der Waals surface area contributed by atoms with E-state index in [0.717, 1.165) is 0 Å². The van der Waals surface area contributed by atoms with Crippen molar-refractivity contribution in [2.24, 2.45) is 29.6 Å². The molecular formula is C17H36O2S. The van der Waals surface area contributed by atoms with Crippen molar-refractivity contribution in [1.82, 2.24) is 0 Å². The van der Waals surface area contributed by atoms with Crippen molar-refractivity contribution in [1.29, 1.82) is 0 Å². The molecule has 0 aliphatic carbocycles. The highest BCUT2D eigenvalue weighted by Crippen LogP contribution is 2.34. The van der Waals surface area contributed by atoms with Crippen molar-refractivity contribution in [3.05, 3.63) is 0 Å². The van der Waals surface area contributed by atoms with Crippen molar-refractivity contribution in [3.8, 4) is 0 Å². The van der Waals surface area contributed by atoms with Crippen LogP contribution in [0.25, 0.3) is 0 Å². The summed E-state index contributed by atoms with van der Waals surface area (Å²) in [5.74, 6) is 3.11. The van der Waals surface area contributed by atoms with E-state index < -0.39 is 6.29 Å². The molecule has 0 fully saturated rings. The minimum Gasteiger partial charge on any atom is -0.367 e. The molecule has 0 aromatic rings. The molecule has 2 nitrogen and oxygen atoms in total. The van der Waals surface area contributed by atoms with Gasteiger partial charge in [-0.05, 0) is 42.9 Å². The van der Waals surface area contributed by atoms with E-state index in [1.165, 1.54) is 12.8 Å². The quantitative estimate of drug-likeness (QED) is 0.455. The Morgan fingerprint density at radius 2 is 1.55 bits per heavy atom. The molecule has 0 radical (unpaired) electrons. The molecule has 0 aromatic carbocycles. The Kier molecular flexibility index (Phi) is 10.2. The van der Waals surface area contributed by atoms with Gasteiger partial charge in [0.15, 0.2) is 6.29 Å². The molecule has 0 aliphatic rings. The Hall–Kier alpha value is 0.270. The second kappa shape index (κ2) is 10.1. The van der Waals surface area contributed by atoms with Crippen LogP contribution in [0.2, 0.25) is 0 Å². The van der Waals surface area contributed by atoms with Crippen LogP contribution in [0, 0.1) is 29.6 Å². The first-order valence-corrected chi connectivity index (χ1v) is 8.69. The summed E-state index contributed by atoms with van der Waals surface area (Å²) in [5, 5.41) is 9.69. The summed E-state index contributed by atoms with van der Waals surface area (Å²) in [6.07, 6.45) is 1.61. The molecule has 5 atom stereocenters. The summed E-state index contributed by atoms with van der Waals surface area (Å²) < 4.78 is 5.68. The topological polar surface area (TPSA) is 29.5 Å². The lowest BCUT2D eigenvalue weighted by Gasteiger charge is -2.35. The Bertz CT molecular complexity index is 241. The Morgan fingerprint density at radius 1 is 1.00 bits per heavy atom. The number of ether oxygens (including phenoxy) is 1. The van der Waals surface area contributed by atoms with E-state index in [0.29, 0.717) is 36.2 Å². The average molecular weight is 305 g/mol. The first-order chi connectivity index (χ1) is 9.20. The summed E-state index contributed by atoms with van der Waals surface area (Å²) in [5.41, 5.74) is 0. The molecule has 0 saturated heterocycles. The molecule has 0 heterocycles. The molecule has 3 heteroatoms. The summed E-state index contributed by atoms with van der Waals surface area (Å²) >= 11 is 4.24. The van der Waals surface area contributed by atoms with Gasteiger partial charge in [0.1, 0.15) is 0 Å². The molecule has 5 unspecified atom stereocenters. The van der Waals surface area contributed by atoms with Crippen LogP contribution < -0.4 is 0 Å². The van der Waals surface area contributed by atoms with Crippen molar-refractivity contribution < 1.29 is 9.84 Å². The van der Waals surface area contributed by atoms with E-state index in [1.54, 1.807) is 0 Å². The first-order valence-electron chi connectivity index (χ1n) is 8.18. The number of hydrogen-bond donors (Lipinski definition) is 2. The van der Waals surface area contributed by atoms with Crippen molar-refractivity contribution in [3.63, 3.8) is 0 Å². The number of rotatable bonds is 10. The van der Waals surface area contributed by atoms with Gasteiger partial charge in [0.25, 0.3) is 0 Å². The lowest BCUT2D eigenvalue weighted by Crippen LogP contribution is -2.33. The summed E-state index contributed by atoms with van der Waals surface area (Å²) in [6, 6.07) is 0. The Morgan fingerprint density at radius 3 is 1.90 bits per heavy atom. The molecule has 0 saturated carbocycles. The lowest BCUT2D eigenvalue weighted by atomic mass is 9.73. The van der Waals surface area contributed by atoms with Crippen LogP contribution in [0.3, 0.4) is 0 Å². The monoisotopic (exact) mass is 304 g/mol. The zero-order chi connectivity index (χ0) is 15.9. The molecule has 0 spiro atoms. The SMILES string of the molecule is CCC(C(C)C)C(COC(O)C(C)S)C(C)CC(C)C. The van der Waals surface area contributed by atoms with Crippen LogP contribution >= 0.6 is 12.6 Å². The van der Waals surface area contributed by atoms with E-state index in [9.17, 15) is 5.11 Å². The van der Waals surface area contributed by atoms with Gasteiger partial charge in [-0.3, -0.25) is 0 Å². The van der Waals surface area contributed by atoms with Crippen molar-refractivity contribution in [2.45, 2.75) is 72.8 Å². The van der Waals surface area contributed by atoms with E-state index in [4.69, 9.17) is 4.74 Å². The van der Waals surface area contributed by atoms with Gasteiger partial charge in [-0.1, -0.05) is 48.0 Å². The smallest absolute Gasteiger partial charge is 0.165 e. The number of aliphatic hydroxyl groups is 1. The van der Waals surface area contributed by atoms with Crippen LogP contribution in [-0.2, 0) is 4.74 Å². The molecule has 0 aliphatic heterocycles. The third kappa shape index (κ3) is 7.33. The predicted octanol–water partition coefficient (Wildman–Crippen LogP) is 4.62. The molecule has 20 heavy (non-hydrogen) atoms. The first kappa shape index (κ1) is 20.3. The van der Waals surface area contributed by atoms with Gasteiger partial charge in [0.05, 0.1) is 6.61 Å². The van der Waals surface area contributed by atoms with Crippen molar-refractivity contribution in [2.75, 3.05) is 6.61 Å². The fourth-order valence-electron chi connectivity index (χ4n) is 3.25. The summed E-state index contributed by atoms with van der Waals surface area (Å²) in [7, 11) is 0. The van der Waals surface area contributed by atoms with Crippen LogP contribution in [-0.4, -0.2) is 23.3 Å². The predicted molar refractivity (Wildman–Crippen MR) is 91.1 cm³/mol. The highest BCUT2D eigenvalue weighted by molar-refractivity contribution is 7.81. The van der Waals surface area contributed by atoms with E-state index in [2.05, 4.69) is 54.2 Å². The minimum absolute atomic E-state index is 0.143. The maximum Gasteiger partial charge on any atom is 0.165 e. The van der Waals surface area contributed by atoms with Gasteiger partial charge >= 0.3 is 0 Å². The molecule has 122 valence electrons. The highest BCUT2D eigenvalue weighted by atomic mass is 32.1. The standard InChI is InChI=1S/C17H36O2S/c1-8-15(12(4)5)16(13(6)9-11(2)3)10-19-17(18)14(7)20/h11-18,20H,8-10H2,1-7H3. The second-order valence-corrected chi connectivity index (χ2v) is 7.87. The fraction of sp³-hybridized carbons (Fsp3) is 1.00. The lowest BCUT2D eigenvalue weighted by molar-refractivity contribution is -0.119. The fourth-order valence-corrected chi connectivity index (χ4v) is 3.33. The van der Waals surface area contributed by atoms with E-state index in [-0.39, 0.29) is 5.25 Å². The van der Waals surface area contributed by atoms with Gasteiger partial charge in [0.2, 0.25) is 0 Å². The van der Waals surface area contributed by atoms with Crippen LogP contribution in [0.1, 0.15) is 61.3 Å². The zero-order valence-electron chi connectivity index (χ0n) is 14.5. The Balaban J connectivity index is 4.77. The average Bonchev–Trinajstić information content (AvgIpc) is 2.31. The van der Waals surface area contributed by atoms with Crippen LogP contribution in [0.5, 0.6) is 0 Å². The van der Waals surface area contributed by atoms with Crippen molar-refractivity contribution >= 4 is 12.6 Å². The molecule has 0 amide bonds. The largest absolute Gasteiger partial charge is 0.367 e. The maximum absolute atomic E-state index is 9.83. The molecule has 0 rings (SSSR count). The van der Waals surface area contributed by atoms with Crippen LogP contribution in [0.15, 0.2) is 0 Å². The van der Waals surface area contributed by atoms with Gasteiger partial charge in [-0.2, -0.15) is 12.6 Å².